The van der Waals surface area contributed by atoms with Crippen molar-refractivity contribution in [3.63, 3.8) is 0 Å². The van der Waals surface area contributed by atoms with Gasteiger partial charge in [0.05, 0.1) is 18.1 Å². The molecule has 4 rings (SSSR count). The van der Waals surface area contributed by atoms with Crippen molar-refractivity contribution >= 4 is 5.97 Å². The van der Waals surface area contributed by atoms with E-state index in [1.807, 2.05) is 13.0 Å². The molecule has 0 aromatic heterocycles. The first-order valence-electron chi connectivity index (χ1n) is 10.8. The molecule has 0 aromatic rings. The first-order valence-corrected chi connectivity index (χ1v) is 10.8. The number of aliphatic hydroxyl groups is 4. The molecule has 0 aromatic carbocycles. The molecule has 30 heavy (non-hydrogen) atoms. The number of rotatable bonds is 3. The number of aliphatic hydroxyl groups excluding tert-OH is 3. The Morgan fingerprint density at radius 1 is 1.33 bits per heavy atom. The van der Waals surface area contributed by atoms with E-state index in [0.29, 0.717) is 11.5 Å². The van der Waals surface area contributed by atoms with Crippen LogP contribution in [0, 0.1) is 34.5 Å². The van der Waals surface area contributed by atoms with Crippen molar-refractivity contribution in [2.24, 2.45) is 34.5 Å². The van der Waals surface area contributed by atoms with Gasteiger partial charge in [0, 0.05) is 11.5 Å². The van der Waals surface area contributed by atoms with Crippen LogP contribution >= 0.6 is 0 Å². The van der Waals surface area contributed by atoms with Gasteiger partial charge in [-0.25, -0.2) is 4.79 Å². The van der Waals surface area contributed by atoms with E-state index in [1.165, 1.54) is 6.92 Å². The minimum absolute atomic E-state index is 0.0369. The van der Waals surface area contributed by atoms with E-state index >= 15 is 0 Å². The van der Waals surface area contributed by atoms with Gasteiger partial charge in [0.1, 0.15) is 11.7 Å². The summed E-state index contributed by atoms with van der Waals surface area (Å²) >= 11 is 0. The maximum absolute atomic E-state index is 12.4. The Bertz CT molecular complexity index is 856. The van der Waals surface area contributed by atoms with Crippen molar-refractivity contribution in [3.8, 4) is 0 Å². The van der Waals surface area contributed by atoms with E-state index in [-0.39, 0.29) is 34.3 Å². The van der Waals surface area contributed by atoms with Gasteiger partial charge < -0.3 is 25.2 Å². The summed E-state index contributed by atoms with van der Waals surface area (Å²) in [5.74, 6) is -0.605. The Morgan fingerprint density at radius 2 is 1.97 bits per heavy atom. The molecule has 0 aliphatic heterocycles. The minimum Gasteiger partial charge on any atom is -0.451 e. The normalized spacial score (nSPS) is 48.4. The number of hydrogen-bond donors (Lipinski definition) is 4. The third-order valence-corrected chi connectivity index (χ3v) is 8.73. The maximum atomic E-state index is 12.4. The lowest BCUT2D eigenvalue weighted by Gasteiger charge is -2.52. The predicted molar refractivity (Wildman–Crippen MR) is 111 cm³/mol. The van der Waals surface area contributed by atoms with Crippen molar-refractivity contribution in [1.82, 2.24) is 0 Å². The number of fused-ring (bicyclic) bond motifs is 3. The topological polar surface area (TPSA) is 107 Å². The smallest absolute Gasteiger partial charge is 0.333 e. The quantitative estimate of drug-likeness (QED) is 0.316. The third-order valence-electron chi connectivity index (χ3n) is 8.73. The van der Waals surface area contributed by atoms with Gasteiger partial charge in [0.2, 0.25) is 0 Å². The molecular formula is C24H34O6. The zero-order chi connectivity index (χ0) is 22.4. The summed E-state index contributed by atoms with van der Waals surface area (Å²) in [5.41, 5.74) is -2.13. The summed E-state index contributed by atoms with van der Waals surface area (Å²) in [7, 11) is 0. The van der Waals surface area contributed by atoms with E-state index in [4.69, 9.17) is 4.74 Å². The molecule has 2 fully saturated rings. The fourth-order valence-electron chi connectivity index (χ4n) is 7.11. The van der Waals surface area contributed by atoms with Crippen molar-refractivity contribution in [1.29, 1.82) is 0 Å². The van der Waals surface area contributed by atoms with Crippen molar-refractivity contribution in [2.45, 2.75) is 65.0 Å². The summed E-state index contributed by atoms with van der Waals surface area (Å²) in [6, 6.07) is 0. The average molecular weight is 419 g/mol. The highest BCUT2D eigenvalue weighted by atomic mass is 16.6. The average Bonchev–Trinajstić information content (AvgIpc) is 3.16. The molecule has 2 saturated carbocycles. The van der Waals surface area contributed by atoms with Gasteiger partial charge in [-0.15, -0.1) is 0 Å². The Hall–Kier alpha value is -1.47. The lowest BCUT2D eigenvalue weighted by atomic mass is 9.58. The summed E-state index contributed by atoms with van der Waals surface area (Å²) in [5, 5.41) is 45.4. The summed E-state index contributed by atoms with van der Waals surface area (Å²) in [6.45, 7) is 12.8. The van der Waals surface area contributed by atoms with E-state index < -0.39 is 41.9 Å². The van der Waals surface area contributed by atoms with Crippen LogP contribution in [0.25, 0.3) is 0 Å². The summed E-state index contributed by atoms with van der Waals surface area (Å²) < 4.78 is 5.64. The second-order valence-corrected chi connectivity index (χ2v) is 10.6. The summed E-state index contributed by atoms with van der Waals surface area (Å²) in [4.78, 5) is 12.4. The molecule has 9 atom stereocenters. The molecule has 9 unspecified atom stereocenters. The fraction of sp³-hybridized carbons (Fsp3) is 0.708. The van der Waals surface area contributed by atoms with E-state index in [1.54, 1.807) is 13.0 Å². The van der Waals surface area contributed by atoms with Gasteiger partial charge in [-0.1, -0.05) is 39.5 Å². The molecule has 4 aliphatic rings. The van der Waals surface area contributed by atoms with Crippen LogP contribution in [0.5, 0.6) is 0 Å². The largest absolute Gasteiger partial charge is 0.451 e. The van der Waals surface area contributed by atoms with Crippen LogP contribution in [0.4, 0.5) is 0 Å². The molecular weight excluding hydrogens is 384 g/mol. The zero-order valence-electron chi connectivity index (χ0n) is 18.4. The van der Waals surface area contributed by atoms with Crippen LogP contribution in [-0.2, 0) is 9.53 Å². The van der Waals surface area contributed by atoms with Crippen LogP contribution in [-0.4, -0.2) is 56.9 Å². The monoisotopic (exact) mass is 418 g/mol. The Morgan fingerprint density at radius 3 is 2.53 bits per heavy atom. The number of hydrogen-bond acceptors (Lipinski definition) is 6. The van der Waals surface area contributed by atoms with E-state index in [2.05, 4.69) is 20.4 Å². The molecule has 0 heterocycles. The Kier molecular flexibility index (Phi) is 4.72. The third kappa shape index (κ3) is 2.42. The Labute approximate surface area is 177 Å². The first-order chi connectivity index (χ1) is 13.9. The molecule has 2 bridgehead atoms. The van der Waals surface area contributed by atoms with E-state index in [0.717, 1.165) is 6.42 Å². The van der Waals surface area contributed by atoms with Crippen LogP contribution in [0.15, 0.2) is 35.5 Å². The van der Waals surface area contributed by atoms with Crippen LogP contribution in [0.3, 0.4) is 0 Å². The number of carbonyl (C=O) groups excluding carboxylic acids is 1. The molecule has 0 radical (unpaired) electrons. The molecule has 1 spiro atoms. The zero-order valence-corrected chi connectivity index (χ0v) is 18.4. The van der Waals surface area contributed by atoms with Gasteiger partial charge in [-0.2, -0.15) is 0 Å². The Balaban J connectivity index is 1.92. The standard InChI is InChI=1S/C24H34O6/c1-11(2)21(28)30-20-12(3)9-23-13(4)7-16-17(22(16,5)6)15(19(23)27)8-14(10-25)18(26)24(20,23)29/h8-9,13,15-20,25-27,29H,1,7,10H2,2-6H3. The van der Waals surface area contributed by atoms with Gasteiger partial charge in [-0.05, 0) is 54.6 Å². The fourth-order valence-corrected chi connectivity index (χ4v) is 7.11. The molecule has 4 aliphatic carbocycles. The lowest BCUT2D eigenvalue weighted by Crippen LogP contribution is -2.66. The molecule has 6 heteroatoms. The summed E-state index contributed by atoms with van der Waals surface area (Å²) in [6.07, 6.45) is 0.744. The van der Waals surface area contributed by atoms with Gasteiger partial charge in [-0.3, -0.25) is 0 Å². The number of carbonyl (C=O) groups is 1. The van der Waals surface area contributed by atoms with E-state index in [9.17, 15) is 25.2 Å². The van der Waals surface area contributed by atoms with Crippen molar-refractivity contribution in [2.75, 3.05) is 6.61 Å². The molecule has 0 saturated heterocycles. The maximum Gasteiger partial charge on any atom is 0.333 e. The molecule has 166 valence electrons. The van der Waals surface area contributed by atoms with Crippen LogP contribution in [0.1, 0.15) is 41.0 Å². The molecule has 6 nitrogen and oxygen atoms in total. The highest BCUT2D eigenvalue weighted by molar-refractivity contribution is 5.87. The number of ether oxygens (including phenoxy) is 1. The second kappa shape index (κ2) is 6.52. The molecule has 4 N–H and O–H groups in total. The van der Waals surface area contributed by atoms with Crippen molar-refractivity contribution in [3.05, 3.63) is 35.5 Å². The van der Waals surface area contributed by atoms with Crippen molar-refractivity contribution < 1.29 is 30.0 Å². The predicted octanol–water partition coefficient (Wildman–Crippen LogP) is 1.73. The van der Waals surface area contributed by atoms with Crippen LogP contribution in [0.2, 0.25) is 0 Å². The lowest BCUT2D eigenvalue weighted by molar-refractivity contribution is -0.223. The molecule has 0 amide bonds. The van der Waals surface area contributed by atoms with Gasteiger partial charge in [0.25, 0.3) is 0 Å². The highest BCUT2D eigenvalue weighted by Crippen LogP contribution is 2.72. The van der Waals surface area contributed by atoms with Gasteiger partial charge >= 0.3 is 5.97 Å². The first kappa shape index (κ1) is 21.8. The highest BCUT2D eigenvalue weighted by Gasteiger charge is 2.76. The number of esters is 1. The SMILES string of the molecule is C=C(C)C(=O)OC1C(C)=CC23C(C)CC4C(C(C=C(CO)C(O)C12O)C3O)C4(C)C. The van der Waals surface area contributed by atoms with Gasteiger partial charge in [0.15, 0.2) is 6.10 Å². The second-order valence-electron chi connectivity index (χ2n) is 10.6. The van der Waals surface area contributed by atoms with Crippen LogP contribution < -0.4 is 0 Å². The minimum atomic E-state index is -1.99.